The van der Waals surface area contributed by atoms with E-state index < -0.39 is 6.36 Å². The van der Waals surface area contributed by atoms with Crippen LogP contribution in [0.15, 0.2) is 30.6 Å². The number of benzene rings is 1. The zero-order valence-corrected chi connectivity index (χ0v) is 11.5. The van der Waals surface area contributed by atoms with Gasteiger partial charge in [-0.3, -0.25) is 0 Å². The number of nitrogens with two attached hydrogens (primary N) is 1. The van der Waals surface area contributed by atoms with Gasteiger partial charge in [-0.15, -0.1) is 13.2 Å². The third-order valence-electron chi connectivity index (χ3n) is 2.48. The molecule has 0 atom stereocenters. The zero-order chi connectivity index (χ0) is 16.2. The average Bonchev–Trinajstić information content (AvgIpc) is 2.44. The number of hydrogen-bond acceptors (Lipinski definition) is 6. The molecule has 9 heteroatoms. The molecule has 0 amide bonds. The fourth-order valence-electron chi connectivity index (χ4n) is 1.61. The summed E-state index contributed by atoms with van der Waals surface area (Å²) >= 11 is 0. The van der Waals surface area contributed by atoms with Gasteiger partial charge in [-0.1, -0.05) is 0 Å². The molecule has 118 valence electrons. The average molecular weight is 314 g/mol. The predicted molar refractivity (Wildman–Crippen MR) is 74.0 cm³/mol. The first kappa shape index (κ1) is 15.7. The van der Waals surface area contributed by atoms with Crippen molar-refractivity contribution < 1.29 is 22.6 Å². The van der Waals surface area contributed by atoms with Crippen LogP contribution in [0.1, 0.15) is 6.92 Å². The van der Waals surface area contributed by atoms with Crippen LogP contribution in [0, 0.1) is 0 Å². The van der Waals surface area contributed by atoms with E-state index in [9.17, 15) is 13.2 Å². The first-order valence-corrected chi connectivity index (χ1v) is 6.25. The van der Waals surface area contributed by atoms with E-state index in [0.717, 1.165) is 0 Å². The highest BCUT2D eigenvalue weighted by molar-refractivity contribution is 5.72. The highest BCUT2D eigenvalue weighted by atomic mass is 19.4. The number of hydrogen-bond donors (Lipinski definition) is 2. The van der Waals surface area contributed by atoms with E-state index in [4.69, 9.17) is 10.5 Å². The van der Waals surface area contributed by atoms with Crippen molar-refractivity contribution >= 4 is 17.2 Å². The molecule has 1 aromatic carbocycles. The van der Waals surface area contributed by atoms with Crippen molar-refractivity contribution in [2.75, 3.05) is 17.7 Å². The van der Waals surface area contributed by atoms with Crippen LogP contribution in [0.25, 0.3) is 0 Å². The molecule has 0 radical (unpaired) electrons. The maximum absolute atomic E-state index is 12.1. The van der Waals surface area contributed by atoms with E-state index in [1.807, 2.05) is 0 Å². The van der Waals surface area contributed by atoms with Crippen molar-refractivity contribution in [1.29, 1.82) is 0 Å². The lowest BCUT2D eigenvalue weighted by atomic mass is 10.3. The Balaban J connectivity index is 2.13. The summed E-state index contributed by atoms with van der Waals surface area (Å²) in [5, 5.41) is 2.87. The summed E-state index contributed by atoms with van der Waals surface area (Å²) < 4.78 is 45.2. The molecule has 0 unspecified atom stereocenters. The number of halogens is 3. The molecule has 0 spiro atoms. The van der Waals surface area contributed by atoms with Gasteiger partial charge in [0.1, 0.15) is 17.8 Å². The number of nitrogens with one attached hydrogen (secondary N) is 1. The van der Waals surface area contributed by atoms with Gasteiger partial charge in [-0.25, -0.2) is 4.98 Å². The molecule has 3 N–H and O–H groups in total. The molecule has 0 bridgehead atoms. The molecular formula is C13H13F3N4O2. The Morgan fingerprint density at radius 1 is 1.18 bits per heavy atom. The van der Waals surface area contributed by atoms with E-state index in [0.29, 0.717) is 18.1 Å². The third-order valence-corrected chi connectivity index (χ3v) is 2.48. The Bertz CT molecular complexity index is 632. The predicted octanol–water partition coefficient (Wildman–Crippen LogP) is 3.10. The van der Waals surface area contributed by atoms with Gasteiger partial charge >= 0.3 is 6.36 Å². The molecular weight excluding hydrogens is 301 g/mol. The topological polar surface area (TPSA) is 82.3 Å². The second-order valence-electron chi connectivity index (χ2n) is 4.07. The third kappa shape index (κ3) is 4.14. The Kier molecular flexibility index (Phi) is 4.54. The maximum atomic E-state index is 12.1. The lowest BCUT2D eigenvalue weighted by Crippen LogP contribution is -2.17. The van der Waals surface area contributed by atoms with Crippen molar-refractivity contribution in [3.05, 3.63) is 30.6 Å². The maximum Gasteiger partial charge on any atom is 0.573 e. The monoisotopic (exact) mass is 314 g/mol. The van der Waals surface area contributed by atoms with Gasteiger partial charge in [-0.2, -0.15) is 4.98 Å². The summed E-state index contributed by atoms with van der Waals surface area (Å²) in [6.07, 6.45) is -3.46. The second-order valence-corrected chi connectivity index (χ2v) is 4.07. The lowest BCUT2D eigenvalue weighted by Gasteiger charge is -2.12. The van der Waals surface area contributed by atoms with Gasteiger partial charge in [-0.05, 0) is 31.2 Å². The SMILES string of the molecule is CCOc1ncnc(Nc2ccc(OC(F)(F)F)cc2)c1N. The summed E-state index contributed by atoms with van der Waals surface area (Å²) in [5.74, 6) is 0.212. The van der Waals surface area contributed by atoms with Crippen LogP contribution in [0.4, 0.5) is 30.4 Å². The van der Waals surface area contributed by atoms with Crippen LogP contribution in [-0.4, -0.2) is 22.9 Å². The Morgan fingerprint density at radius 3 is 2.45 bits per heavy atom. The number of alkyl halides is 3. The van der Waals surface area contributed by atoms with Crippen molar-refractivity contribution in [2.24, 2.45) is 0 Å². The minimum absolute atomic E-state index is 0.208. The summed E-state index contributed by atoms with van der Waals surface area (Å²) in [7, 11) is 0. The lowest BCUT2D eigenvalue weighted by molar-refractivity contribution is -0.274. The van der Waals surface area contributed by atoms with Gasteiger partial charge in [0.15, 0.2) is 5.82 Å². The number of nitrogens with zero attached hydrogens (tertiary/aromatic N) is 2. The van der Waals surface area contributed by atoms with Crippen molar-refractivity contribution in [2.45, 2.75) is 13.3 Å². The summed E-state index contributed by atoms with van der Waals surface area (Å²) in [5.41, 5.74) is 6.54. The number of rotatable bonds is 5. The largest absolute Gasteiger partial charge is 0.573 e. The van der Waals surface area contributed by atoms with Gasteiger partial charge in [0.25, 0.3) is 0 Å². The van der Waals surface area contributed by atoms with Crippen molar-refractivity contribution in [3.63, 3.8) is 0 Å². The first-order chi connectivity index (χ1) is 10.4. The van der Waals surface area contributed by atoms with E-state index in [1.165, 1.54) is 30.6 Å². The molecule has 0 aliphatic heterocycles. The van der Waals surface area contributed by atoms with Crippen molar-refractivity contribution in [3.8, 4) is 11.6 Å². The molecule has 22 heavy (non-hydrogen) atoms. The molecule has 0 aliphatic carbocycles. The Morgan fingerprint density at radius 2 is 1.86 bits per heavy atom. The van der Waals surface area contributed by atoms with Gasteiger partial charge in [0, 0.05) is 5.69 Å². The summed E-state index contributed by atoms with van der Waals surface area (Å²) in [6.45, 7) is 2.18. The number of ether oxygens (including phenoxy) is 2. The highest BCUT2D eigenvalue weighted by Crippen LogP contribution is 2.29. The van der Waals surface area contributed by atoms with Gasteiger partial charge < -0.3 is 20.5 Å². The molecule has 2 rings (SSSR count). The number of anilines is 3. The minimum atomic E-state index is -4.72. The molecule has 1 aromatic heterocycles. The van der Waals surface area contributed by atoms with Gasteiger partial charge in [0.05, 0.1) is 6.61 Å². The molecule has 0 saturated heterocycles. The van der Waals surface area contributed by atoms with Crippen LogP contribution in [-0.2, 0) is 0 Å². The Hall–Kier alpha value is -2.71. The summed E-state index contributed by atoms with van der Waals surface area (Å²) in [6, 6.07) is 5.17. The standard InChI is InChI=1S/C13H13F3N4O2/c1-2-21-12-10(17)11(18-7-19-12)20-8-3-5-9(6-4-8)22-13(14,15)16/h3-7H,2,17H2,1H3,(H,18,19,20). The number of aromatic nitrogens is 2. The Labute approximate surface area is 124 Å². The number of nitrogen functional groups attached to an aromatic ring is 1. The van der Waals surface area contributed by atoms with Crippen LogP contribution in [0.3, 0.4) is 0 Å². The fraction of sp³-hybridized carbons (Fsp3) is 0.231. The quantitative estimate of drug-likeness (QED) is 0.882. The molecule has 2 aromatic rings. The zero-order valence-electron chi connectivity index (χ0n) is 11.5. The van der Waals surface area contributed by atoms with E-state index >= 15 is 0 Å². The molecule has 1 heterocycles. The fourth-order valence-corrected chi connectivity index (χ4v) is 1.61. The van der Waals surface area contributed by atoms with Crippen molar-refractivity contribution in [1.82, 2.24) is 9.97 Å². The molecule has 0 fully saturated rings. The van der Waals surface area contributed by atoms with Crippen LogP contribution in [0.5, 0.6) is 11.6 Å². The van der Waals surface area contributed by atoms with Crippen LogP contribution in [0.2, 0.25) is 0 Å². The summed E-state index contributed by atoms with van der Waals surface area (Å²) in [4.78, 5) is 7.84. The van der Waals surface area contributed by atoms with E-state index in [-0.39, 0.29) is 17.3 Å². The first-order valence-electron chi connectivity index (χ1n) is 6.25. The normalized spacial score (nSPS) is 11.1. The minimum Gasteiger partial charge on any atom is -0.476 e. The molecule has 6 nitrogen and oxygen atoms in total. The highest BCUT2D eigenvalue weighted by Gasteiger charge is 2.30. The van der Waals surface area contributed by atoms with Gasteiger partial charge in [0.2, 0.25) is 5.88 Å². The van der Waals surface area contributed by atoms with Crippen LogP contribution < -0.4 is 20.5 Å². The molecule has 0 saturated carbocycles. The van der Waals surface area contributed by atoms with E-state index in [1.54, 1.807) is 6.92 Å². The van der Waals surface area contributed by atoms with Crippen LogP contribution >= 0.6 is 0 Å². The van der Waals surface area contributed by atoms with E-state index in [2.05, 4.69) is 20.0 Å². The second kappa shape index (κ2) is 6.37. The smallest absolute Gasteiger partial charge is 0.476 e. The molecule has 0 aliphatic rings.